The number of non-ortho nitro benzene ring substituents is 1. The molecule has 0 radical (unpaired) electrons. The molecule has 0 aliphatic rings. The summed E-state index contributed by atoms with van der Waals surface area (Å²) in [4.78, 5) is 10.1. The molecule has 0 unspecified atom stereocenters. The number of nitro benzene ring substituents is 1. The van der Waals surface area contributed by atoms with Crippen LogP contribution in [0.2, 0.25) is 0 Å². The number of nitrogens with zero attached hydrogens (tertiary/aromatic N) is 1. The van der Waals surface area contributed by atoms with Gasteiger partial charge in [0.2, 0.25) is 10.0 Å². The van der Waals surface area contributed by atoms with E-state index in [9.17, 15) is 18.5 Å². The molecule has 0 aromatic heterocycles. The van der Waals surface area contributed by atoms with Crippen LogP contribution in [0.25, 0.3) is 0 Å². The van der Waals surface area contributed by atoms with Crippen molar-refractivity contribution in [2.45, 2.75) is 6.42 Å². The fourth-order valence-corrected chi connectivity index (χ4v) is 3.14. The Morgan fingerprint density at radius 2 is 1.84 bits per heavy atom. The summed E-state index contributed by atoms with van der Waals surface area (Å²) in [6, 6.07) is 2.61. The molecule has 0 saturated carbocycles. The normalized spacial score (nSPS) is 11.3. The number of hydrogen-bond acceptors (Lipinski definition) is 5. The van der Waals surface area contributed by atoms with Crippen molar-refractivity contribution in [1.29, 1.82) is 0 Å². The quantitative estimate of drug-likeness (QED) is 0.433. The van der Waals surface area contributed by atoms with Crippen LogP contribution in [0, 0.1) is 10.1 Å². The molecule has 1 aromatic carbocycles. The summed E-state index contributed by atoms with van der Waals surface area (Å²) in [7, 11) is -3.51. The summed E-state index contributed by atoms with van der Waals surface area (Å²) in [6.45, 7) is 0.130. The number of sulfonamides is 1. The SMILES string of the molecule is NS(=O)(=O)CCCOc1c(Br)cc([N+](=O)[O-])cc1Br. The second-order valence-electron chi connectivity index (χ2n) is 3.56. The largest absolute Gasteiger partial charge is 0.491 e. The molecule has 2 N–H and O–H groups in total. The minimum atomic E-state index is -3.51. The van der Waals surface area contributed by atoms with Gasteiger partial charge in [-0.15, -0.1) is 0 Å². The van der Waals surface area contributed by atoms with E-state index in [1.165, 1.54) is 12.1 Å². The Morgan fingerprint density at radius 3 is 2.26 bits per heavy atom. The second-order valence-corrected chi connectivity index (χ2v) is 7.01. The zero-order chi connectivity index (χ0) is 14.6. The average molecular weight is 418 g/mol. The Labute approximate surface area is 126 Å². The summed E-state index contributed by atoms with van der Waals surface area (Å²) < 4.78 is 27.6. The predicted octanol–water partition coefficient (Wildman–Crippen LogP) is 2.18. The summed E-state index contributed by atoms with van der Waals surface area (Å²) in [5, 5.41) is 15.5. The van der Waals surface area contributed by atoms with Crippen molar-refractivity contribution in [3.05, 3.63) is 31.2 Å². The van der Waals surface area contributed by atoms with Gasteiger partial charge in [-0.3, -0.25) is 10.1 Å². The molecule has 0 spiro atoms. The number of hydrogen-bond donors (Lipinski definition) is 1. The van der Waals surface area contributed by atoms with E-state index >= 15 is 0 Å². The van der Waals surface area contributed by atoms with E-state index in [-0.39, 0.29) is 24.5 Å². The number of nitro groups is 1. The zero-order valence-corrected chi connectivity index (χ0v) is 13.5. The first kappa shape index (κ1) is 16.3. The Morgan fingerprint density at radius 1 is 1.32 bits per heavy atom. The molecule has 7 nitrogen and oxygen atoms in total. The lowest BCUT2D eigenvalue weighted by molar-refractivity contribution is -0.385. The summed E-state index contributed by atoms with van der Waals surface area (Å²) in [6.07, 6.45) is 0.231. The van der Waals surface area contributed by atoms with Crippen molar-refractivity contribution in [2.24, 2.45) is 5.14 Å². The van der Waals surface area contributed by atoms with E-state index in [1.54, 1.807) is 0 Å². The van der Waals surface area contributed by atoms with Gasteiger partial charge in [0.15, 0.2) is 0 Å². The van der Waals surface area contributed by atoms with Crippen molar-refractivity contribution >= 4 is 47.6 Å². The van der Waals surface area contributed by atoms with Crippen LogP contribution < -0.4 is 9.88 Å². The lowest BCUT2D eigenvalue weighted by Gasteiger charge is -2.09. The molecule has 0 atom stereocenters. The van der Waals surface area contributed by atoms with Gasteiger partial charge in [0, 0.05) is 12.1 Å². The van der Waals surface area contributed by atoms with Crippen LogP contribution in [0.4, 0.5) is 5.69 Å². The molecule has 0 fully saturated rings. The van der Waals surface area contributed by atoms with Crippen LogP contribution >= 0.6 is 31.9 Å². The standard InChI is InChI=1S/C9H10Br2N2O5S/c10-7-4-6(13(14)15)5-8(11)9(7)18-2-1-3-19(12,16)17/h4-5H,1-3H2,(H2,12,16,17). The van der Waals surface area contributed by atoms with Gasteiger partial charge in [-0.1, -0.05) is 0 Å². The fraction of sp³-hybridized carbons (Fsp3) is 0.333. The Hall–Kier alpha value is -0.710. The van der Waals surface area contributed by atoms with Gasteiger partial charge in [-0.2, -0.15) is 0 Å². The molecule has 0 aliphatic carbocycles. The molecule has 10 heteroatoms. The lowest BCUT2D eigenvalue weighted by atomic mass is 10.3. The van der Waals surface area contributed by atoms with Crippen LogP contribution in [-0.2, 0) is 10.0 Å². The number of ether oxygens (including phenoxy) is 1. The van der Waals surface area contributed by atoms with Crippen LogP contribution in [-0.4, -0.2) is 25.7 Å². The smallest absolute Gasteiger partial charge is 0.271 e. The van der Waals surface area contributed by atoms with Crippen LogP contribution in [0.3, 0.4) is 0 Å². The maximum atomic E-state index is 10.7. The maximum absolute atomic E-state index is 10.7. The van der Waals surface area contributed by atoms with Gasteiger partial charge < -0.3 is 4.74 Å². The highest BCUT2D eigenvalue weighted by Crippen LogP contribution is 2.37. The van der Waals surface area contributed by atoms with Gasteiger partial charge in [0.05, 0.1) is 26.2 Å². The number of benzene rings is 1. The molecule has 0 bridgehead atoms. The summed E-state index contributed by atoms with van der Waals surface area (Å²) >= 11 is 6.31. The fourth-order valence-electron chi connectivity index (χ4n) is 1.22. The van der Waals surface area contributed by atoms with Crippen LogP contribution in [0.15, 0.2) is 21.1 Å². The van der Waals surface area contributed by atoms with Crippen molar-refractivity contribution in [3.8, 4) is 5.75 Å². The first-order chi connectivity index (χ1) is 8.70. The highest BCUT2D eigenvalue weighted by molar-refractivity contribution is 9.11. The minimum absolute atomic E-state index is 0.0874. The molecule has 106 valence electrons. The monoisotopic (exact) mass is 416 g/mol. The summed E-state index contributed by atoms with van der Waals surface area (Å²) in [5.41, 5.74) is -0.0874. The van der Waals surface area contributed by atoms with Gasteiger partial charge in [0.1, 0.15) is 5.75 Å². The molecule has 0 heterocycles. The number of rotatable bonds is 6. The Kier molecular flexibility index (Phi) is 5.71. The Bertz CT molecular complexity index is 567. The van der Waals surface area contributed by atoms with E-state index in [0.29, 0.717) is 14.7 Å². The summed E-state index contributed by atoms with van der Waals surface area (Å²) in [5.74, 6) is 0.190. The van der Waals surface area contributed by atoms with Gasteiger partial charge >= 0.3 is 0 Å². The van der Waals surface area contributed by atoms with Crippen LogP contribution in [0.5, 0.6) is 5.75 Å². The van der Waals surface area contributed by atoms with E-state index < -0.39 is 14.9 Å². The maximum Gasteiger partial charge on any atom is 0.271 e. The van der Waals surface area contributed by atoms with E-state index in [1.807, 2.05) is 0 Å². The predicted molar refractivity (Wildman–Crippen MR) is 76.6 cm³/mol. The minimum Gasteiger partial charge on any atom is -0.491 e. The van der Waals surface area contributed by atoms with Crippen molar-refractivity contribution in [3.63, 3.8) is 0 Å². The topological polar surface area (TPSA) is 113 Å². The lowest BCUT2D eigenvalue weighted by Crippen LogP contribution is -2.18. The molecular formula is C9H10Br2N2O5S. The highest BCUT2D eigenvalue weighted by atomic mass is 79.9. The first-order valence-electron chi connectivity index (χ1n) is 4.97. The van der Waals surface area contributed by atoms with Crippen molar-refractivity contribution < 1.29 is 18.1 Å². The number of nitrogens with two attached hydrogens (primary N) is 1. The van der Waals surface area contributed by atoms with Crippen molar-refractivity contribution in [2.75, 3.05) is 12.4 Å². The molecule has 1 rings (SSSR count). The molecule has 0 aliphatic heterocycles. The first-order valence-corrected chi connectivity index (χ1v) is 8.27. The zero-order valence-electron chi connectivity index (χ0n) is 9.51. The third-order valence-corrected chi connectivity index (χ3v) is 4.05. The molecule has 19 heavy (non-hydrogen) atoms. The second kappa shape index (κ2) is 6.64. The molecular weight excluding hydrogens is 408 g/mol. The third-order valence-electron chi connectivity index (χ3n) is 2.01. The van der Waals surface area contributed by atoms with E-state index in [4.69, 9.17) is 9.88 Å². The van der Waals surface area contributed by atoms with E-state index in [0.717, 1.165) is 0 Å². The Balaban J connectivity index is 2.72. The number of primary sulfonamides is 1. The van der Waals surface area contributed by atoms with Crippen molar-refractivity contribution in [1.82, 2.24) is 0 Å². The van der Waals surface area contributed by atoms with Crippen LogP contribution in [0.1, 0.15) is 6.42 Å². The van der Waals surface area contributed by atoms with E-state index in [2.05, 4.69) is 31.9 Å². The highest BCUT2D eigenvalue weighted by Gasteiger charge is 2.15. The third kappa shape index (κ3) is 5.43. The molecule has 0 saturated heterocycles. The number of halogens is 2. The van der Waals surface area contributed by atoms with Gasteiger partial charge in [0.25, 0.3) is 5.69 Å². The van der Waals surface area contributed by atoms with Gasteiger partial charge in [-0.25, -0.2) is 13.6 Å². The molecule has 1 aromatic rings. The average Bonchev–Trinajstić information content (AvgIpc) is 2.25. The van der Waals surface area contributed by atoms with Gasteiger partial charge in [-0.05, 0) is 38.3 Å². The molecule has 0 amide bonds.